The topological polar surface area (TPSA) is 75.7 Å². The first-order valence-electron chi connectivity index (χ1n) is 8.43. The van der Waals surface area contributed by atoms with E-state index in [4.69, 9.17) is 4.74 Å². The minimum Gasteiger partial charge on any atom is -0.456 e. The number of carbonyl (C=O) groups excluding carboxylic acids is 3. The molecular weight excluding hydrogens is 388 g/mol. The summed E-state index contributed by atoms with van der Waals surface area (Å²) in [6.07, 6.45) is 2.01. The molecule has 1 aromatic rings. The second-order valence-corrected chi connectivity index (χ2v) is 7.15. The van der Waals surface area contributed by atoms with Gasteiger partial charge in [-0.25, -0.2) is 0 Å². The molecule has 1 saturated heterocycles. The first-order valence-corrected chi connectivity index (χ1v) is 9.22. The Labute approximate surface area is 156 Å². The van der Waals surface area contributed by atoms with Gasteiger partial charge in [-0.15, -0.1) is 0 Å². The zero-order valence-electron chi connectivity index (χ0n) is 14.3. The number of esters is 1. The summed E-state index contributed by atoms with van der Waals surface area (Å²) in [5.74, 6) is -0.256. The standard InChI is InChI=1S/C18H23BrN2O4/c1-13-7-10-21(11-8-13)16(22)12-25-17(23)6-9-20-18(24)14-2-4-15(19)5-3-14/h2-5,13H,6-12H2,1H3,(H,20,24). The molecule has 0 bridgehead atoms. The molecule has 136 valence electrons. The summed E-state index contributed by atoms with van der Waals surface area (Å²) in [5.41, 5.74) is 0.520. The van der Waals surface area contributed by atoms with Gasteiger partial charge in [0.05, 0.1) is 6.42 Å². The Hall–Kier alpha value is -1.89. The lowest BCUT2D eigenvalue weighted by molar-refractivity contribution is -0.152. The van der Waals surface area contributed by atoms with E-state index < -0.39 is 5.97 Å². The minimum atomic E-state index is -0.491. The number of nitrogens with one attached hydrogen (secondary N) is 1. The van der Waals surface area contributed by atoms with Crippen LogP contribution in [0.25, 0.3) is 0 Å². The molecule has 0 spiro atoms. The van der Waals surface area contributed by atoms with Crippen LogP contribution < -0.4 is 5.32 Å². The van der Waals surface area contributed by atoms with Crippen molar-refractivity contribution in [2.45, 2.75) is 26.2 Å². The Balaban J connectivity index is 1.63. The monoisotopic (exact) mass is 410 g/mol. The number of piperidine rings is 1. The molecule has 1 heterocycles. The number of rotatable bonds is 6. The molecule has 0 radical (unpaired) electrons. The van der Waals surface area contributed by atoms with Crippen LogP contribution in [0.5, 0.6) is 0 Å². The number of nitrogens with zero attached hydrogens (tertiary/aromatic N) is 1. The first kappa shape index (κ1) is 19.4. The van der Waals surface area contributed by atoms with Crippen LogP contribution in [0.15, 0.2) is 28.7 Å². The number of ether oxygens (including phenoxy) is 1. The predicted octanol–water partition coefficient (Wildman–Crippen LogP) is 2.37. The SMILES string of the molecule is CC1CCN(C(=O)COC(=O)CCNC(=O)c2ccc(Br)cc2)CC1. The van der Waals surface area contributed by atoms with Gasteiger partial charge in [-0.3, -0.25) is 14.4 Å². The molecule has 0 saturated carbocycles. The van der Waals surface area contributed by atoms with E-state index in [1.54, 1.807) is 29.2 Å². The largest absolute Gasteiger partial charge is 0.456 e. The Kier molecular flexibility index (Phi) is 7.43. The van der Waals surface area contributed by atoms with Crippen LogP contribution in [-0.4, -0.2) is 48.9 Å². The highest BCUT2D eigenvalue weighted by Crippen LogP contribution is 2.16. The van der Waals surface area contributed by atoms with Crippen molar-refractivity contribution in [1.82, 2.24) is 10.2 Å². The van der Waals surface area contributed by atoms with Gasteiger partial charge < -0.3 is 15.0 Å². The number of amides is 2. The molecule has 0 aliphatic carbocycles. The number of likely N-dealkylation sites (tertiary alicyclic amines) is 1. The van der Waals surface area contributed by atoms with Crippen molar-refractivity contribution < 1.29 is 19.1 Å². The maximum atomic E-state index is 12.0. The van der Waals surface area contributed by atoms with E-state index in [1.165, 1.54) is 0 Å². The number of hydrogen-bond donors (Lipinski definition) is 1. The van der Waals surface area contributed by atoms with Gasteiger partial charge in [0.2, 0.25) is 0 Å². The Bertz CT molecular complexity index is 610. The molecule has 25 heavy (non-hydrogen) atoms. The molecule has 1 aliphatic heterocycles. The summed E-state index contributed by atoms with van der Waals surface area (Å²) in [4.78, 5) is 37.3. The molecule has 6 nitrogen and oxygen atoms in total. The molecule has 2 rings (SSSR count). The van der Waals surface area contributed by atoms with Crippen molar-refractivity contribution in [3.8, 4) is 0 Å². The molecule has 0 unspecified atom stereocenters. The second kappa shape index (κ2) is 9.56. The number of halogens is 1. The highest BCUT2D eigenvalue weighted by Gasteiger charge is 2.21. The molecule has 0 aromatic heterocycles. The van der Waals surface area contributed by atoms with Gasteiger partial charge in [0.15, 0.2) is 6.61 Å². The number of benzene rings is 1. The van der Waals surface area contributed by atoms with E-state index >= 15 is 0 Å². The van der Waals surface area contributed by atoms with Gasteiger partial charge in [0.1, 0.15) is 0 Å². The van der Waals surface area contributed by atoms with E-state index in [9.17, 15) is 14.4 Å². The minimum absolute atomic E-state index is 0.0343. The fraction of sp³-hybridized carbons (Fsp3) is 0.500. The fourth-order valence-electron chi connectivity index (χ4n) is 2.55. The van der Waals surface area contributed by atoms with Crippen molar-refractivity contribution in [1.29, 1.82) is 0 Å². The van der Waals surface area contributed by atoms with Crippen LogP contribution in [0.3, 0.4) is 0 Å². The average molecular weight is 411 g/mol. The third-order valence-corrected chi connectivity index (χ3v) is 4.74. The quantitative estimate of drug-likeness (QED) is 0.730. The molecule has 1 aromatic carbocycles. The highest BCUT2D eigenvalue weighted by atomic mass is 79.9. The van der Waals surface area contributed by atoms with E-state index in [0.29, 0.717) is 11.5 Å². The maximum absolute atomic E-state index is 12.0. The summed E-state index contributed by atoms with van der Waals surface area (Å²) in [7, 11) is 0. The molecule has 1 fully saturated rings. The summed E-state index contributed by atoms with van der Waals surface area (Å²) < 4.78 is 5.89. The predicted molar refractivity (Wildman–Crippen MR) is 97.0 cm³/mol. The van der Waals surface area contributed by atoms with Crippen molar-refractivity contribution in [3.63, 3.8) is 0 Å². The fourth-order valence-corrected chi connectivity index (χ4v) is 2.81. The van der Waals surface area contributed by atoms with Gasteiger partial charge in [0, 0.05) is 29.7 Å². The van der Waals surface area contributed by atoms with E-state index in [0.717, 1.165) is 30.4 Å². The second-order valence-electron chi connectivity index (χ2n) is 6.24. The Morgan fingerprint density at radius 3 is 2.48 bits per heavy atom. The van der Waals surface area contributed by atoms with Gasteiger partial charge in [-0.2, -0.15) is 0 Å². The molecule has 1 N–H and O–H groups in total. The molecule has 0 atom stereocenters. The third-order valence-electron chi connectivity index (χ3n) is 4.21. The molecular formula is C18H23BrN2O4. The lowest BCUT2D eigenvalue weighted by atomic mass is 9.99. The molecule has 1 aliphatic rings. The van der Waals surface area contributed by atoms with Gasteiger partial charge >= 0.3 is 5.97 Å². The summed E-state index contributed by atoms with van der Waals surface area (Å²) >= 11 is 3.30. The van der Waals surface area contributed by atoms with E-state index in [2.05, 4.69) is 28.2 Å². The summed E-state index contributed by atoms with van der Waals surface area (Å²) in [5, 5.41) is 2.65. The van der Waals surface area contributed by atoms with Crippen LogP contribution in [0, 0.1) is 5.92 Å². The van der Waals surface area contributed by atoms with Crippen molar-refractivity contribution in [2.24, 2.45) is 5.92 Å². The Morgan fingerprint density at radius 1 is 1.20 bits per heavy atom. The summed E-state index contributed by atoms with van der Waals surface area (Å²) in [6, 6.07) is 6.93. The molecule has 2 amide bonds. The van der Waals surface area contributed by atoms with Crippen LogP contribution in [0.2, 0.25) is 0 Å². The lowest BCUT2D eigenvalue weighted by Crippen LogP contribution is -2.40. The maximum Gasteiger partial charge on any atom is 0.308 e. The number of hydrogen-bond acceptors (Lipinski definition) is 4. The van der Waals surface area contributed by atoms with Crippen molar-refractivity contribution in [3.05, 3.63) is 34.3 Å². The first-order chi connectivity index (χ1) is 12.0. The lowest BCUT2D eigenvalue weighted by Gasteiger charge is -2.30. The van der Waals surface area contributed by atoms with E-state index in [1.807, 2.05) is 0 Å². The van der Waals surface area contributed by atoms with Crippen molar-refractivity contribution in [2.75, 3.05) is 26.2 Å². The zero-order valence-corrected chi connectivity index (χ0v) is 15.9. The van der Waals surface area contributed by atoms with Gasteiger partial charge in [0.25, 0.3) is 11.8 Å². The van der Waals surface area contributed by atoms with Crippen LogP contribution in [0.1, 0.15) is 36.5 Å². The van der Waals surface area contributed by atoms with Crippen LogP contribution >= 0.6 is 15.9 Å². The van der Waals surface area contributed by atoms with E-state index in [-0.39, 0.29) is 31.4 Å². The van der Waals surface area contributed by atoms with Crippen LogP contribution in [0.4, 0.5) is 0 Å². The van der Waals surface area contributed by atoms with Crippen molar-refractivity contribution >= 4 is 33.7 Å². The Morgan fingerprint density at radius 2 is 1.84 bits per heavy atom. The smallest absolute Gasteiger partial charge is 0.308 e. The third kappa shape index (κ3) is 6.49. The van der Waals surface area contributed by atoms with Gasteiger partial charge in [-0.1, -0.05) is 22.9 Å². The van der Waals surface area contributed by atoms with Gasteiger partial charge in [-0.05, 0) is 43.0 Å². The van der Waals surface area contributed by atoms with Crippen LogP contribution in [-0.2, 0) is 14.3 Å². The number of carbonyl (C=O) groups is 3. The highest BCUT2D eigenvalue weighted by molar-refractivity contribution is 9.10. The normalized spacial score (nSPS) is 14.9. The average Bonchev–Trinajstić information content (AvgIpc) is 2.60. The summed E-state index contributed by atoms with van der Waals surface area (Å²) in [6.45, 7) is 3.56. The molecule has 7 heteroatoms. The zero-order chi connectivity index (χ0) is 18.2.